The van der Waals surface area contributed by atoms with Crippen LogP contribution in [0.5, 0.6) is 0 Å². The third kappa shape index (κ3) is 9.53. The Hall–Kier alpha value is -1.59. The molecule has 0 aliphatic heterocycles. The van der Waals surface area contributed by atoms with Crippen molar-refractivity contribution in [2.24, 2.45) is 4.99 Å². The van der Waals surface area contributed by atoms with Crippen molar-refractivity contribution in [3.05, 3.63) is 35.9 Å². The molecule has 0 saturated carbocycles. The first-order chi connectivity index (χ1) is 11.8. The molecule has 5 nitrogen and oxygen atoms in total. The van der Waals surface area contributed by atoms with E-state index < -0.39 is 0 Å². The number of hydrogen-bond acceptors (Lipinski definition) is 3. The molecule has 136 valence electrons. The Balaban J connectivity index is 2.26. The fraction of sp³-hybridized carbons (Fsp3) is 0.632. The van der Waals surface area contributed by atoms with Gasteiger partial charge in [-0.05, 0) is 18.9 Å². The van der Waals surface area contributed by atoms with Crippen LogP contribution >= 0.6 is 0 Å². The number of aliphatic imine (C=N–C) groups is 1. The van der Waals surface area contributed by atoms with Crippen molar-refractivity contribution in [3.63, 3.8) is 0 Å². The third-order valence-electron chi connectivity index (χ3n) is 3.47. The van der Waals surface area contributed by atoms with Crippen LogP contribution in [-0.2, 0) is 16.0 Å². The number of unbranched alkanes of at least 4 members (excludes halogenated alkanes) is 1. The average Bonchev–Trinajstić information content (AvgIpc) is 2.60. The molecule has 1 N–H and O–H groups in total. The highest BCUT2D eigenvalue weighted by Gasteiger charge is 2.05. The zero-order chi connectivity index (χ0) is 17.5. The van der Waals surface area contributed by atoms with Gasteiger partial charge in [-0.15, -0.1) is 0 Å². The van der Waals surface area contributed by atoms with Gasteiger partial charge in [0.2, 0.25) is 0 Å². The highest BCUT2D eigenvalue weighted by atomic mass is 16.5. The van der Waals surface area contributed by atoms with E-state index in [0.29, 0.717) is 26.4 Å². The standard InChI is InChI=1S/C19H33N3O2/c1-4-6-13-23-15-16-24-14-12-21-19(20-5-2)22(3)17-18-10-8-7-9-11-18/h7-11H,4-6,12-17H2,1-3H3,(H,20,21). The van der Waals surface area contributed by atoms with Crippen molar-refractivity contribution in [1.82, 2.24) is 10.2 Å². The number of nitrogens with zero attached hydrogens (tertiary/aromatic N) is 2. The van der Waals surface area contributed by atoms with E-state index >= 15 is 0 Å². The molecule has 5 heteroatoms. The maximum absolute atomic E-state index is 5.56. The molecular weight excluding hydrogens is 302 g/mol. The molecule has 0 spiro atoms. The Morgan fingerprint density at radius 1 is 1.04 bits per heavy atom. The van der Waals surface area contributed by atoms with E-state index in [4.69, 9.17) is 9.47 Å². The Bertz CT molecular complexity index is 437. The molecule has 0 aliphatic rings. The van der Waals surface area contributed by atoms with Gasteiger partial charge < -0.3 is 19.7 Å². The molecule has 0 unspecified atom stereocenters. The van der Waals surface area contributed by atoms with Crippen LogP contribution in [0.2, 0.25) is 0 Å². The summed E-state index contributed by atoms with van der Waals surface area (Å²) in [5, 5.41) is 3.32. The summed E-state index contributed by atoms with van der Waals surface area (Å²) in [6, 6.07) is 10.4. The molecule has 0 amide bonds. The van der Waals surface area contributed by atoms with Gasteiger partial charge in [-0.3, -0.25) is 4.99 Å². The molecule has 1 aromatic rings. The molecule has 0 heterocycles. The minimum atomic E-state index is 0.616. The van der Waals surface area contributed by atoms with E-state index in [-0.39, 0.29) is 0 Å². The van der Waals surface area contributed by atoms with Crippen LogP contribution in [-0.4, -0.2) is 57.4 Å². The van der Waals surface area contributed by atoms with Crippen LogP contribution in [0.25, 0.3) is 0 Å². The first kappa shape index (κ1) is 20.5. The quantitative estimate of drug-likeness (QED) is 0.362. The van der Waals surface area contributed by atoms with Crippen LogP contribution in [0.3, 0.4) is 0 Å². The van der Waals surface area contributed by atoms with Gasteiger partial charge in [0.25, 0.3) is 0 Å². The normalized spacial score (nSPS) is 11.5. The van der Waals surface area contributed by atoms with Crippen molar-refractivity contribution >= 4 is 5.96 Å². The monoisotopic (exact) mass is 335 g/mol. The van der Waals surface area contributed by atoms with Crippen molar-refractivity contribution in [3.8, 4) is 0 Å². The van der Waals surface area contributed by atoms with Gasteiger partial charge in [0.15, 0.2) is 5.96 Å². The fourth-order valence-electron chi connectivity index (χ4n) is 2.19. The number of hydrogen-bond donors (Lipinski definition) is 1. The lowest BCUT2D eigenvalue weighted by molar-refractivity contribution is 0.0497. The Morgan fingerprint density at radius 2 is 1.75 bits per heavy atom. The van der Waals surface area contributed by atoms with Crippen LogP contribution < -0.4 is 5.32 Å². The van der Waals surface area contributed by atoms with Gasteiger partial charge >= 0.3 is 0 Å². The number of nitrogens with one attached hydrogen (secondary N) is 1. The molecule has 0 saturated heterocycles. The lowest BCUT2D eigenvalue weighted by Gasteiger charge is -2.22. The maximum atomic E-state index is 5.56. The minimum absolute atomic E-state index is 0.616. The van der Waals surface area contributed by atoms with Crippen LogP contribution in [0.1, 0.15) is 32.3 Å². The Morgan fingerprint density at radius 3 is 2.42 bits per heavy atom. The SMILES string of the molecule is CCCCOCCOCCN=C(NCC)N(C)Cc1ccccc1. The summed E-state index contributed by atoms with van der Waals surface area (Å²) >= 11 is 0. The molecule has 0 radical (unpaired) electrons. The molecule has 1 aromatic carbocycles. The zero-order valence-corrected chi connectivity index (χ0v) is 15.5. The summed E-state index contributed by atoms with van der Waals surface area (Å²) in [5.41, 5.74) is 1.27. The topological polar surface area (TPSA) is 46.1 Å². The first-order valence-electron chi connectivity index (χ1n) is 8.96. The van der Waals surface area contributed by atoms with Gasteiger partial charge in [0.1, 0.15) is 0 Å². The summed E-state index contributed by atoms with van der Waals surface area (Å²) in [5.74, 6) is 0.907. The van der Waals surface area contributed by atoms with Crippen LogP contribution in [0, 0.1) is 0 Å². The summed E-state index contributed by atoms with van der Waals surface area (Å²) in [6.07, 6.45) is 2.28. The average molecular weight is 335 g/mol. The minimum Gasteiger partial charge on any atom is -0.379 e. The van der Waals surface area contributed by atoms with Crippen molar-refractivity contribution < 1.29 is 9.47 Å². The smallest absolute Gasteiger partial charge is 0.194 e. The summed E-state index contributed by atoms with van der Waals surface area (Å²) in [4.78, 5) is 6.75. The molecule has 0 aliphatic carbocycles. The highest BCUT2D eigenvalue weighted by molar-refractivity contribution is 5.79. The predicted molar refractivity (Wildman–Crippen MR) is 100 cm³/mol. The van der Waals surface area contributed by atoms with Gasteiger partial charge in [0.05, 0.1) is 26.4 Å². The summed E-state index contributed by atoms with van der Waals surface area (Å²) in [7, 11) is 2.05. The van der Waals surface area contributed by atoms with E-state index in [9.17, 15) is 0 Å². The number of benzene rings is 1. The van der Waals surface area contributed by atoms with E-state index in [1.165, 1.54) is 12.0 Å². The highest BCUT2D eigenvalue weighted by Crippen LogP contribution is 2.02. The molecule has 24 heavy (non-hydrogen) atoms. The molecular formula is C19H33N3O2. The second-order valence-corrected chi connectivity index (χ2v) is 5.66. The third-order valence-corrected chi connectivity index (χ3v) is 3.47. The lowest BCUT2D eigenvalue weighted by Crippen LogP contribution is -2.38. The van der Waals surface area contributed by atoms with E-state index in [2.05, 4.69) is 60.4 Å². The Kier molecular flexibility index (Phi) is 11.8. The largest absolute Gasteiger partial charge is 0.379 e. The van der Waals surface area contributed by atoms with E-state index in [1.807, 2.05) is 6.07 Å². The number of ether oxygens (including phenoxy) is 2. The predicted octanol–water partition coefficient (Wildman–Crippen LogP) is 2.92. The van der Waals surface area contributed by atoms with Crippen LogP contribution in [0.4, 0.5) is 0 Å². The lowest BCUT2D eigenvalue weighted by atomic mass is 10.2. The van der Waals surface area contributed by atoms with E-state index in [1.54, 1.807) is 0 Å². The number of guanidine groups is 1. The van der Waals surface area contributed by atoms with Crippen LogP contribution in [0.15, 0.2) is 35.3 Å². The first-order valence-corrected chi connectivity index (χ1v) is 8.96. The summed E-state index contributed by atoms with van der Waals surface area (Å²) in [6.45, 7) is 9.31. The zero-order valence-electron chi connectivity index (χ0n) is 15.5. The van der Waals surface area contributed by atoms with E-state index in [0.717, 1.165) is 32.1 Å². The molecule has 0 atom stereocenters. The van der Waals surface area contributed by atoms with Crippen molar-refractivity contribution in [2.75, 3.05) is 46.6 Å². The fourth-order valence-corrected chi connectivity index (χ4v) is 2.19. The van der Waals surface area contributed by atoms with Crippen molar-refractivity contribution in [2.45, 2.75) is 33.2 Å². The van der Waals surface area contributed by atoms with Gasteiger partial charge in [-0.1, -0.05) is 43.7 Å². The Labute approximate surface area is 147 Å². The van der Waals surface area contributed by atoms with Gasteiger partial charge in [-0.2, -0.15) is 0 Å². The second-order valence-electron chi connectivity index (χ2n) is 5.66. The van der Waals surface area contributed by atoms with Gasteiger partial charge in [-0.25, -0.2) is 0 Å². The molecule has 0 aromatic heterocycles. The molecule has 0 bridgehead atoms. The molecule has 0 fully saturated rings. The number of rotatable bonds is 12. The summed E-state index contributed by atoms with van der Waals surface area (Å²) < 4.78 is 11.0. The van der Waals surface area contributed by atoms with Gasteiger partial charge in [0, 0.05) is 26.7 Å². The second kappa shape index (κ2) is 13.8. The molecule has 1 rings (SSSR count). The van der Waals surface area contributed by atoms with Crippen molar-refractivity contribution in [1.29, 1.82) is 0 Å². The maximum Gasteiger partial charge on any atom is 0.194 e.